The van der Waals surface area contributed by atoms with Gasteiger partial charge in [0.15, 0.2) is 0 Å². The SMILES string of the molecule is COc1ccc2c(c1)c(CN1CCNCC1)cn2C(C)C. The van der Waals surface area contributed by atoms with Crippen molar-refractivity contribution in [1.82, 2.24) is 14.8 Å². The van der Waals surface area contributed by atoms with Gasteiger partial charge in [-0.05, 0) is 37.6 Å². The smallest absolute Gasteiger partial charge is 0.119 e. The van der Waals surface area contributed by atoms with E-state index < -0.39 is 0 Å². The highest BCUT2D eigenvalue weighted by atomic mass is 16.5. The van der Waals surface area contributed by atoms with Gasteiger partial charge in [-0.25, -0.2) is 0 Å². The van der Waals surface area contributed by atoms with Crippen molar-refractivity contribution in [2.75, 3.05) is 33.3 Å². The fraction of sp³-hybridized carbons (Fsp3) is 0.529. The van der Waals surface area contributed by atoms with Crippen molar-refractivity contribution in [2.24, 2.45) is 0 Å². The van der Waals surface area contributed by atoms with E-state index in [1.54, 1.807) is 7.11 Å². The van der Waals surface area contributed by atoms with Crippen molar-refractivity contribution in [2.45, 2.75) is 26.4 Å². The second-order valence-electron chi connectivity index (χ2n) is 6.06. The zero-order valence-corrected chi connectivity index (χ0v) is 13.2. The zero-order valence-electron chi connectivity index (χ0n) is 13.2. The molecular formula is C17H25N3O. The summed E-state index contributed by atoms with van der Waals surface area (Å²) in [6.07, 6.45) is 2.32. The molecule has 2 heterocycles. The van der Waals surface area contributed by atoms with Crippen LogP contribution in [0.25, 0.3) is 10.9 Å². The van der Waals surface area contributed by atoms with Crippen molar-refractivity contribution in [1.29, 1.82) is 0 Å². The number of rotatable bonds is 4. The Morgan fingerprint density at radius 3 is 2.67 bits per heavy atom. The van der Waals surface area contributed by atoms with Crippen LogP contribution in [0.1, 0.15) is 25.5 Å². The van der Waals surface area contributed by atoms with Crippen LogP contribution in [0.3, 0.4) is 0 Å². The Hall–Kier alpha value is -1.52. The molecule has 21 heavy (non-hydrogen) atoms. The van der Waals surface area contributed by atoms with E-state index in [2.05, 4.69) is 53.0 Å². The molecule has 114 valence electrons. The molecule has 0 bridgehead atoms. The van der Waals surface area contributed by atoms with Gasteiger partial charge >= 0.3 is 0 Å². The minimum absolute atomic E-state index is 0.470. The molecule has 1 aromatic heterocycles. The maximum Gasteiger partial charge on any atom is 0.119 e. The van der Waals surface area contributed by atoms with Gasteiger partial charge < -0.3 is 14.6 Å². The maximum atomic E-state index is 5.40. The van der Waals surface area contributed by atoms with E-state index in [1.807, 2.05) is 0 Å². The third-order valence-corrected chi connectivity index (χ3v) is 4.28. The Balaban J connectivity index is 1.98. The average molecular weight is 287 g/mol. The lowest BCUT2D eigenvalue weighted by Crippen LogP contribution is -2.42. The van der Waals surface area contributed by atoms with Crippen LogP contribution in [0.5, 0.6) is 5.75 Å². The molecule has 0 saturated carbocycles. The van der Waals surface area contributed by atoms with Crippen LogP contribution in [0, 0.1) is 0 Å². The molecule has 0 spiro atoms. The molecule has 3 rings (SSSR count). The number of piperazine rings is 1. The maximum absolute atomic E-state index is 5.40. The number of nitrogens with one attached hydrogen (secondary N) is 1. The molecule has 2 aromatic rings. The summed E-state index contributed by atoms with van der Waals surface area (Å²) in [5.74, 6) is 0.936. The number of methoxy groups -OCH3 is 1. The third kappa shape index (κ3) is 2.92. The van der Waals surface area contributed by atoms with Gasteiger partial charge in [0.05, 0.1) is 7.11 Å². The first-order chi connectivity index (χ1) is 10.2. The minimum Gasteiger partial charge on any atom is -0.497 e. The highest BCUT2D eigenvalue weighted by molar-refractivity contribution is 5.85. The number of hydrogen-bond donors (Lipinski definition) is 1. The number of aromatic nitrogens is 1. The number of nitrogens with zero attached hydrogens (tertiary/aromatic N) is 2. The van der Waals surface area contributed by atoms with E-state index in [4.69, 9.17) is 4.74 Å². The van der Waals surface area contributed by atoms with Gasteiger partial charge in [0.1, 0.15) is 5.75 Å². The predicted octanol–water partition coefficient (Wildman–Crippen LogP) is 2.64. The first kappa shape index (κ1) is 14.4. The fourth-order valence-corrected chi connectivity index (χ4v) is 3.09. The highest BCUT2D eigenvalue weighted by Crippen LogP contribution is 2.29. The van der Waals surface area contributed by atoms with Crippen LogP contribution >= 0.6 is 0 Å². The molecule has 4 heteroatoms. The molecule has 0 unspecified atom stereocenters. The van der Waals surface area contributed by atoms with Crippen LogP contribution in [0.15, 0.2) is 24.4 Å². The summed E-state index contributed by atoms with van der Waals surface area (Å²) in [7, 11) is 1.73. The molecule has 1 N–H and O–H groups in total. The van der Waals surface area contributed by atoms with Crippen LogP contribution < -0.4 is 10.1 Å². The number of hydrogen-bond acceptors (Lipinski definition) is 3. The summed E-state index contributed by atoms with van der Waals surface area (Å²) in [5.41, 5.74) is 2.70. The summed E-state index contributed by atoms with van der Waals surface area (Å²) in [6.45, 7) is 9.91. The third-order valence-electron chi connectivity index (χ3n) is 4.28. The number of ether oxygens (including phenoxy) is 1. The van der Waals surface area contributed by atoms with Gasteiger partial charge in [0.25, 0.3) is 0 Å². The quantitative estimate of drug-likeness (QED) is 0.937. The van der Waals surface area contributed by atoms with E-state index in [-0.39, 0.29) is 0 Å². The zero-order chi connectivity index (χ0) is 14.8. The predicted molar refractivity (Wildman–Crippen MR) is 87.0 cm³/mol. The van der Waals surface area contributed by atoms with Gasteiger partial charge in [0.2, 0.25) is 0 Å². The fourth-order valence-electron chi connectivity index (χ4n) is 3.09. The van der Waals surface area contributed by atoms with E-state index in [0.29, 0.717) is 6.04 Å². The van der Waals surface area contributed by atoms with Crippen molar-refractivity contribution in [3.63, 3.8) is 0 Å². The summed E-state index contributed by atoms with van der Waals surface area (Å²) in [6, 6.07) is 6.87. The van der Waals surface area contributed by atoms with Gasteiger partial charge in [-0.15, -0.1) is 0 Å². The van der Waals surface area contributed by atoms with E-state index in [9.17, 15) is 0 Å². The van der Waals surface area contributed by atoms with Gasteiger partial charge in [-0.2, -0.15) is 0 Å². The Morgan fingerprint density at radius 2 is 2.00 bits per heavy atom. The molecule has 0 atom stereocenters. The van der Waals surface area contributed by atoms with Gasteiger partial charge in [-0.3, -0.25) is 4.90 Å². The molecule has 0 amide bonds. The molecule has 1 aromatic carbocycles. The van der Waals surface area contributed by atoms with Crippen LogP contribution in [0.4, 0.5) is 0 Å². The summed E-state index contributed by atoms with van der Waals surface area (Å²) in [5, 5.41) is 4.73. The standard InChI is InChI=1S/C17H25N3O/c1-13(2)20-12-14(11-19-8-6-18-7-9-19)16-10-15(21-3)4-5-17(16)20/h4-5,10,12-13,18H,6-9,11H2,1-3H3. The molecule has 0 radical (unpaired) electrons. The van der Waals surface area contributed by atoms with Gasteiger partial charge in [0, 0.05) is 55.9 Å². The number of benzene rings is 1. The lowest BCUT2D eigenvalue weighted by atomic mass is 10.1. The molecule has 0 aliphatic carbocycles. The van der Waals surface area contributed by atoms with Crippen molar-refractivity contribution < 1.29 is 4.74 Å². The summed E-state index contributed by atoms with van der Waals surface area (Å²) < 4.78 is 7.77. The van der Waals surface area contributed by atoms with E-state index in [1.165, 1.54) is 16.5 Å². The van der Waals surface area contributed by atoms with Gasteiger partial charge in [-0.1, -0.05) is 0 Å². The lowest BCUT2D eigenvalue weighted by molar-refractivity contribution is 0.234. The lowest BCUT2D eigenvalue weighted by Gasteiger charge is -2.26. The summed E-state index contributed by atoms with van der Waals surface area (Å²) >= 11 is 0. The number of fused-ring (bicyclic) bond motifs is 1. The Kier molecular flexibility index (Phi) is 4.17. The molecular weight excluding hydrogens is 262 g/mol. The molecule has 1 saturated heterocycles. The minimum atomic E-state index is 0.470. The average Bonchev–Trinajstić information content (AvgIpc) is 2.86. The largest absolute Gasteiger partial charge is 0.497 e. The molecule has 1 aliphatic rings. The van der Waals surface area contributed by atoms with Crippen LogP contribution in [-0.2, 0) is 6.54 Å². The normalized spacial score (nSPS) is 16.8. The Morgan fingerprint density at radius 1 is 1.24 bits per heavy atom. The van der Waals surface area contributed by atoms with Crippen molar-refractivity contribution >= 4 is 10.9 Å². The highest BCUT2D eigenvalue weighted by Gasteiger charge is 2.16. The summed E-state index contributed by atoms with van der Waals surface area (Å²) in [4.78, 5) is 2.52. The molecule has 1 fully saturated rings. The van der Waals surface area contributed by atoms with E-state index >= 15 is 0 Å². The first-order valence-corrected chi connectivity index (χ1v) is 7.79. The van der Waals surface area contributed by atoms with Crippen molar-refractivity contribution in [3.05, 3.63) is 30.0 Å². The second-order valence-corrected chi connectivity index (χ2v) is 6.06. The molecule has 1 aliphatic heterocycles. The monoisotopic (exact) mass is 287 g/mol. The van der Waals surface area contributed by atoms with Crippen LogP contribution in [-0.4, -0.2) is 42.8 Å². The Bertz CT molecular complexity index is 612. The first-order valence-electron chi connectivity index (χ1n) is 7.79. The van der Waals surface area contributed by atoms with Crippen molar-refractivity contribution in [3.8, 4) is 5.75 Å². The molecule has 4 nitrogen and oxygen atoms in total. The van der Waals surface area contributed by atoms with E-state index in [0.717, 1.165) is 38.5 Å². The van der Waals surface area contributed by atoms with Crippen LogP contribution in [0.2, 0.25) is 0 Å². The Labute approximate surface area is 126 Å². The second kappa shape index (κ2) is 6.08. The topological polar surface area (TPSA) is 29.4 Å².